The van der Waals surface area contributed by atoms with Crippen molar-refractivity contribution in [3.63, 3.8) is 0 Å². The number of fused-ring (bicyclic) bond motifs is 4. The quantitative estimate of drug-likeness (QED) is 0.178. The van der Waals surface area contributed by atoms with Crippen molar-refractivity contribution in [1.29, 1.82) is 0 Å². The van der Waals surface area contributed by atoms with E-state index in [1.54, 1.807) is 0 Å². The molecule has 8 aromatic rings. The molecule has 0 fully saturated rings. The van der Waals surface area contributed by atoms with Crippen LogP contribution in [0.3, 0.4) is 0 Å². The first-order chi connectivity index (χ1) is 24.8. The zero-order valence-corrected chi connectivity index (χ0v) is 27.8. The van der Waals surface area contributed by atoms with Gasteiger partial charge in [0.25, 0.3) is 0 Å². The first kappa shape index (κ1) is 29.8. The van der Waals surface area contributed by atoms with Gasteiger partial charge in [0.15, 0.2) is 0 Å². The normalized spacial score (nSPS) is 12.5. The monoisotopic (exact) mass is 648 g/mol. The van der Waals surface area contributed by atoms with Crippen molar-refractivity contribution in [3.05, 3.63) is 170 Å². The van der Waals surface area contributed by atoms with Gasteiger partial charge < -0.3 is 24.4 Å². The molecule has 0 spiro atoms. The minimum absolute atomic E-state index is 0.655. The van der Waals surface area contributed by atoms with Gasteiger partial charge in [-0.1, -0.05) is 115 Å². The van der Waals surface area contributed by atoms with E-state index in [0.717, 1.165) is 28.4 Å². The molecule has 1 aliphatic rings. The van der Waals surface area contributed by atoms with Crippen LogP contribution in [0.15, 0.2) is 170 Å². The number of rotatable bonds is 8. The van der Waals surface area contributed by atoms with Crippen molar-refractivity contribution in [2.24, 2.45) is 0 Å². The van der Waals surface area contributed by atoms with Gasteiger partial charge in [0.2, 0.25) is 0 Å². The Bertz CT molecular complexity index is 2410. The average Bonchev–Trinajstić information content (AvgIpc) is 3.71. The summed E-state index contributed by atoms with van der Waals surface area (Å²) in [6, 6.07) is 60.1. The van der Waals surface area contributed by atoms with Gasteiger partial charge in [0.1, 0.15) is 18.2 Å². The third kappa shape index (κ3) is 5.16. The van der Waals surface area contributed by atoms with E-state index >= 15 is 0 Å². The molecule has 0 aliphatic carbocycles. The van der Waals surface area contributed by atoms with Crippen molar-refractivity contribution >= 4 is 44.6 Å². The summed E-state index contributed by atoms with van der Waals surface area (Å²) in [6.45, 7) is 1.37. The molecule has 1 aliphatic heterocycles. The maximum atomic E-state index is 6.60. The van der Waals surface area contributed by atoms with Gasteiger partial charge in [-0.3, -0.25) is 0 Å². The molecule has 0 radical (unpaired) electrons. The number of aromatic nitrogens is 1. The number of ether oxygens (including phenoxy) is 1. The standard InChI is InChI=1S/C45H36N4O/c1-46-30-47-41-23-9-8-20-39(41)40-27-26-36(29-44(40)47)50-35-19-12-18-34(28-35)48-31-49(43-25-11-10-24-42(43)48)45-37(32-14-4-2-5-15-32)21-13-22-38(45)33-16-6-3-7-17-33/h2-29,46H,30-31H2,1H3. The summed E-state index contributed by atoms with van der Waals surface area (Å²) < 4.78 is 8.90. The van der Waals surface area contributed by atoms with Crippen LogP contribution in [0, 0.1) is 0 Å². The van der Waals surface area contributed by atoms with Gasteiger partial charge in [-0.05, 0) is 60.6 Å². The van der Waals surface area contributed by atoms with Gasteiger partial charge >= 0.3 is 0 Å². The van der Waals surface area contributed by atoms with E-state index in [-0.39, 0.29) is 0 Å². The Hall–Kier alpha value is -6.30. The summed E-state index contributed by atoms with van der Waals surface area (Å²) in [4.78, 5) is 4.84. The molecule has 0 saturated carbocycles. The number of para-hydroxylation sites is 4. The van der Waals surface area contributed by atoms with E-state index in [4.69, 9.17) is 4.74 Å². The second kappa shape index (κ2) is 12.6. The fraction of sp³-hybridized carbons (Fsp3) is 0.0667. The fourth-order valence-corrected chi connectivity index (χ4v) is 7.43. The lowest BCUT2D eigenvalue weighted by Gasteiger charge is -2.27. The van der Waals surface area contributed by atoms with Gasteiger partial charge in [0, 0.05) is 39.7 Å². The van der Waals surface area contributed by atoms with Crippen molar-refractivity contribution in [2.75, 3.05) is 23.5 Å². The first-order valence-electron chi connectivity index (χ1n) is 17.1. The second-order valence-corrected chi connectivity index (χ2v) is 12.7. The summed E-state index contributed by atoms with van der Waals surface area (Å²) in [5.74, 6) is 1.60. The van der Waals surface area contributed by atoms with Crippen molar-refractivity contribution in [2.45, 2.75) is 6.67 Å². The van der Waals surface area contributed by atoms with E-state index in [1.807, 2.05) is 13.1 Å². The summed E-state index contributed by atoms with van der Waals surface area (Å²) in [5.41, 5.74) is 11.7. The topological polar surface area (TPSA) is 32.7 Å². The molecule has 50 heavy (non-hydrogen) atoms. The highest BCUT2D eigenvalue weighted by Crippen LogP contribution is 2.50. The van der Waals surface area contributed by atoms with Crippen LogP contribution in [-0.4, -0.2) is 18.3 Å². The SMILES string of the molecule is CNCn1c2ccccc2c2ccc(Oc3cccc(N4CN(c5c(-c6ccccc6)cccc5-c5ccccc5)c5ccccc54)c3)cc21. The van der Waals surface area contributed by atoms with Gasteiger partial charge in [0.05, 0.1) is 34.8 Å². The third-order valence-electron chi connectivity index (χ3n) is 9.65. The number of nitrogens with one attached hydrogen (secondary N) is 1. The zero-order valence-electron chi connectivity index (χ0n) is 27.8. The lowest BCUT2D eigenvalue weighted by Crippen LogP contribution is -2.24. The highest BCUT2D eigenvalue weighted by Gasteiger charge is 2.31. The van der Waals surface area contributed by atoms with E-state index in [9.17, 15) is 0 Å². The van der Waals surface area contributed by atoms with Crippen LogP contribution in [0.25, 0.3) is 44.1 Å². The molecule has 1 N–H and O–H groups in total. The molecular formula is C45H36N4O. The lowest BCUT2D eigenvalue weighted by atomic mass is 9.95. The van der Waals surface area contributed by atoms with Crippen LogP contribution in [0.1, 0.15) is 0 Å². The maximum Gasteiger partial charge on any atom is 0.129 e. The maximum absolute atomic E-state index is 6.60. The molecule has 5 heteroatoms. The highest BCUT2D eigenvalue weighted by molar-refractivity contribution is 6.08. The Morgan fingerprint density at radius 2 is 1.12 bits per heavy atom. The minimum Gasteiger partial charge on any atom is -0.457 e. The Morgan fingerprint density at radius 1 is 0.520 bits per heavy atom. The van der Waals surface area contributed by atoms with E-state index in [2.05, 4.69) is 183 Å². The molecule has 0 bridgehead atoms. The fourth-order valence-electron chi connectivity index (χ4n) is 7.43. The molecule has 242 valence electrons. The van der Waals surface area contributed by atoms with Crippen molar-refractivity contribution in [1.82, 2.24) is 9.88 Å². The molecule has 2 heterocycles. The van der Waals surface area contributed by atoms with Crippen LogP contribution in [-0.2, 0) is 6.67 Å². The van der Waals surface area contributed by atoms with Gasteiger partial charge in [-0.25, -0.2) is 0 Å². The third-order valence-corrected chi connectivity index (χ3v) is 9.65. The molecule has 9 rings (SSSR count). The smallest absolute Gasteiger partial charge is 0.129 e. The molecular weight excluding hydrogens is 613 g/mol. The van der Waals surface area contributed by atoms with E-state index in [1.165, 1.54) is 49.9 Å². The Balaban J connectivity index is 1.10. The van der Waals surface area contributed by atoms with Gasteiger partial charge in [-0.2, -0.15) is 0 Å². The van der Waals surface area contributed by atoms with Crippen LogP contribution < -0.4 is 19.9 Å². The molecule has 0 saturated heterocycles. The predicted molar refractivity (Wildman–Crippen MR) is 208 cm³/mol. The van der Waals surface area contributed by atoms with E-state index < -0.39 is 0 Å². The largest absolute Gasteiger partial charge is 0.457 e. The molecule has 0 amide bonds. The highest BCUT2D eigenvalue weighted by atomic mass is 16.5. The molecule has 5 nitrogen and oxygen atoms in total. The number of nitrogens with zero attached hydrogens (tertiary/aromatic N) is 3. The summed E-state index contributed by atoms with van der Waals surface area (Å²) in [6.07, 6.45) is 0. The molecule has 0 atom stereocenters. The molecule has 1 aromatic heterocycles. The van der Waals surface area contributed by atoms with Crippen LogP contribution in [0.5, 0.6) is 11.5 Å². The summed E-state index contributed by atoms with van der Waals surface area (Å²) >= 11 is 0. The van der Waals surface area contributed by atoms with Crippen LogP contribution >= 0.6 is 0 Å². The first-order valence-corrected chi connectivity index (χ1v) is 17.1. The number of hydrogen-bond donors (Lipinski definition) is 1. The lowest BCUT2D eigenvalue weighted by molar-refractivity contribution is 0.483. The number of benzene rings is 7. The Kier molecular flexibility index (Phi) is 7.52. The number of hydrogen-bond acceptors (Lipinski definition) is 4. The second-order valence-electron chi connectivity index (χ2n) is 12.7. The minimum atomic E-state index is 0.655. The number of anilines is 4. The van der Waals surface area contributed by atoms with Crippen LogP contribution in [0.4, 0.5) is 22.7 Å². The van der Waals surface area contributed by atoms with Crippen molar-refractivity contribution in [3.8, 4) is 33.8 Å². The summed E-state index contributed by atoms with van der Waals surface area (Å²) in [5, 5.41) is 5.79. The zero-order chi connectivity index (χ0) is 33.4. The predicted octanol–water partition coefficient (Wildman–Crippen LogP) is 11.3. The molecule has 7 aromatic carbocycles. The molecule has 0 unspecified atom stereocenters. The Labute approximate surface area is 292 Å². The van der Waals surface area contributed by atoms with Crippen LogP contribution in [0.2, 0.25) is 0 Å². The Morgan fingerprint density at radius 3 is 1.84 bits per heavy atom. The van der Waals surface area contributed by atoms with Gasteiger partial charge in [-0.15, -0.1) is 0 Å². The summed E-state index contributed by atoms with van der Waals surface area (Å²) in [7, 11) is 1.98. The average molecular weight is 649 g/mol. The van der Waals surface area contributed by atoms with Crippen molar-refractivity contribution < 1.29 is 4.74 Å². The van der Waals surface area contributed by atoms with E-state index in [0.29, 0.717) is 13.3 Å².